The molecule has 0 aliphatic heterocycles. The second-order valence-electron chi connectivity index (χ2n) is 6.15. The summed E-state index contributed by atoms with van der Waals surface area (Å²) in [5, 5.41) is 3.67. The van der Waals surface area contributed by atoms with Gasteiger partial charge in [0.15, 0.2) is 0 Å². The van der Waals surface area contributed by atoms with Crippen LogP contribution in [0.2, 0.25) is 0 Å². The summed E-state index contributed by atoms with van der Waals surface area (Å²) in [6, 6.07) is 2.70. The van der Waals surface area contributed by atoms with Crippen molar-refractivity contribution in [2.75, 3.05) is 0 Å². The highest BCUT2D eigenvalue weighted by Crippen LogP contribution is 2.24. The zero-order valence-electron chi connectivity index (χ0n) is 11.3. The van der Waals surface area contributed by atoms with Gasteiger partial charge in [0.25, 0.3) is 0 Å². The molecule has 1 aromatic rings. The Hall–Kier alpha value is -0.760. The molecule has 0 aliphatic carbocycles. The molecule has 2 N–H and O–H groups in total. The summed E-state index contributed by atoms with van der Waals surface area (Å²) in [4.78, 5) is 3.09. The average Bonchev–Trinajstić information content (AvgIpc) is 2.62. The molecule has 16 heavy (non-hydrogen) atoms. The molecule has 0 spiro atoms. The van der Waals surface area contributed by atoms with Crippen molar-refractivity contribution in [3.05, 3.63) is 24.0 Å². The van der Waals surface area contributed by atoms with Crippen LogP contribution in [0, 0.1) is 11.3 Å². The van der Waals surface area contributed by atoms with Crippen molar-refractivity contribution in [1.82, 2.24) is 10.3 Å². The summed E-state index contributed by atoms with van der Waals surface area (Å²) in [6.45, 7) is 12.5. The Morgan fingerprint density at radius 3 is 2.44 bits per heavy atom. The van der Waals surface area contributed by atoms with Crippen LogP contribution < -0.4 is 5.32 Å². The molecule has 0 amide bonds. The molecule has 1 rings (SSSR count). The molecule has 0 fully saturated rings. The van der Waals surface area contributed by atoms with Gasteiger partial charge in [-0.15, -0.1) is 0 Å². The highest BCUT2D eigenvalue weighted by Gasteiger charge is 2.24. The standard InChI is InChI=1S/C14H26N2/c1-11(2)8-13(14(3,4)5)16-10-12-6-7-15-9-12/h6-7,9,11,13,15-16H,8,10H2,1-5H3. The molecular weight excluding hydrogens is 196 g/mol. The van der Waals surface area contributed by atoms with Gasteiger partial charge in [0.2, 0.25) is 0 Å². The smallest absolute Gasteiger partial charge is 0.0223 e. The molecule has 1 unspecified atom stereocenters. The lowest BCUT2D eigenvalue weighted by molar-refractivity contribution is 0.232. The summed E-state index contributed by atoms with van der Waals surface area (Å²) >= 11 is 0. The van der Waals surface area contributed by atoms with Crippen LogP contribution in [0.4, 0.5) is 0 Å². The van der Waals surface area contributed by atoms with Crippen molar-refractivity contribution in [3.63, 3.8) is 0 Å². The molecule has 92 valence electrons. The van der Waals surface area contributed by atoms with Crippen molar-refractivity contribution in [2.24, 2.45) is 11.3 Å². The van der Waals surface area contributed by atoms with Gasteiger partial charge in [-0.3, -0.25) is 0 Å². The van der Waals surface area contributed by atoms with E-state index in [-0.39, 0.29) is 0 Å². The minimum Gasteiger partial charge on any atom is -0.367 e. The second kappa shape index (κ2) is 5.53. The Morgan fingerprint density at radius 1 is 1.31 bits per heavy atom. The fourth-order valence-electron chi connectivity index (χ4n) is 1.92. The zero-order valence-corrected chi connectivity index (χ0v) is 11.3. The lowest BCUT2D eigenvalue weighted by atomic mass is 9.82. The molecule has 2 nitrogen and oxygen atoms in total. The van der Waals surface area contributed by atoms with Gasteiger partial charge in [0.05, 0.1) is 0 Å². The lowest BCUT2D eigenvalue weighted by Crippen LogP contribution is -2.40. The van der Waals surface area contributed by atoms with E-state index in [4.69, 9.17) is 0 Å². The van der Waals surface area contributed by atoms with Gasteiger partial charge in [-0.1, -0.05) is 34.6 Å². The largest absolute Gasteiger partial charge is 0.367 e. The first-order valence-corrected chi connectivity index (χ1v) is 6.24. The quantitative estimate of drug-likeness (QED) is 0.783. The van der Waals surface area contributed by atoms with Crippen molar-refractivity contribution >= 4 is 0 Å². The van der Waals surface area contributed by atoms with Gasteiger partial charge in [-0.25, -0.2) is 0 Å². The van der Waals surface area contributed by atoms with Gasteiger partial charge < -0.3 is 10.3 Å². The van der Waals surface area contributed by atoms with Crippen molar-refractivity contribution < 1.29 is 0 Å². The zero-order chi connectivity index (χ0) is 12.2. The highest BCUT2D eigenvalue weighted by molar-refractivity contribution is 5.08. The molecule has 0 saturated carbocycles. The van der Waals surface area contributed by atoms with Gasteiger partial charge in [0, 0.05) is 25.0 Å². The monoisotopic (exact) mass is 222 g/mol. The molecule has 1 atom stereocenters. The van der Waals surface area contributed by atoms with Gasteiger partial charge in [0.1, 0.15) is 0 Å². The molecule has 0 bridgehead atoms. The predicted octanol–water partition coefficient (Wildman–Crippen LogP) is 3.57. The molecule has 0 aromatic carbocycles. The van der Waals surface area contributed by atoms with E-state index >= 15 is 0 Å². The van der Waals surface area contributed by atoms with Crippen LogP contribution in [0.5, 0.6) is 0 Å². The van der Waals surface area contributed by atoms with Crippen LogP contribution in [0.25, 0.3) is 0 Å². The summed E-state index contributed by atoms with van der Waals surface area (Å²) in [5.41, 5.74) is 1.65. The summed E-state index contributed by atoms with van der Waals surface area (Å²) in [7, 11) is 0. The fourth-order valence-corrected chi connectivity index (χ4v) is 1.92. The van der Waals surface area contributed by atoms with Crippen LogP contribution in [-0.4, -0.2) is 11.0 Å². The molecule has 1 heterocycles. The first kappa shape index (κ1) is 13.3. The maximum absolute atomic E-state index is 3.67. The number of nitrogens with one attached hydrogen (secondary N) is 2. The Bertz CT molecular complexity index is 280. The number of H-pyrrole nitrogens is 1. The predicted molar refractivity (Wildman–Crippen MR) is 70.3 cm³/mol. The van der Waals surface area contributed by atoms with E-state index < -0.39 is 0 Å². The van der Waals surface area contributed by atoms with E-state index in [2.05, 4.69) is 57.2 Å². The Morgan fingerprint density at radius 2 is 2.00 bits per heavy atom. The minimum atomic E-state index is 0.320. The highest BCUT2D eigenvalue weighted by atomic mass is 14.9. The molecule has 0 aliphatic rings. The topological polar surface area (TPSA) is 27.8 Å². The third kappa shape index (κ3) is 4.40. The van der Waals surface area contributed by atoms with E-state index in [0.717, 1.165) is 12.5 Å². The third-order valence-corrected chi connectivity index (χ3v) is 2.97. The number of aromatic nitrogens is 1. The van der Waals surface area contributed by atoms with Crippen molar-refractivity contribution in [1.29, 1.82) is 0 Å². The Labute approximate surface area is 99.8 Å². The maximum atomic E-state index is 3.67. The van der Waals surface area contributed by atoms with Gasteiger partial charge in [-0.05, 0) is 29.4 Å². The van der Waals surface area contributed by atoms with Crippen LogP contribution >= 0.6 is 0 Å². The number of rotatable bonds is 5. The third-order valence-electron chi connectivity index (χ3n) is 2.97. The fraction of sp³-hybridized carbons (Fsp3) is 0.714. The number of aromatic amines is 1. The van der Waals surface area contributed by atoms with Crippen LogP contribution in [0.3, 0.4) is 0 Å². The average molecular weight is 222 g/mol. The van der Waals surface area contributed by atoms with E-state index in [0.29, 0.717) is 11.5 Å². The summed E-state index contributed by atoms with van der Waals surface area (Å²) in [6.07, 6.45) is 5.27. The van der Waals surface area contributed by atoms with E-state index in [1.54, 1.807) is 0 Å². The summed E-state index contributed by atoms with van der Waals surface area (Å²) < 4.78 is 0. The van der Waals surface area contributed by atoms with Crippen molar-refractivity contribution in [2.45, 2.75) is 53.6 Å². The molecule has 2 heteroatoms. The van der Waals surface area contributed by atoms with Crippen molar-refractivity contribution in [3.8, 4) is 0 Å². The SMILES string of the molecule is CC(C)CC(NCc1cc[nH]c1)C(C)(C)C. The number of hydrogen-bond donors (Lipinski definition) is 2. The van der Waals surface area contributed by atoms with E-state index in [9.17, 15) is 0 Å². The molecular formula is C14H26N2. The van der Waals surface area contributed by atoms with E-state index in [1.807, 2.05) is 6.20 Å². The summed E-state index contributed by atoms with van der Waals surface area (Å²) in [5.74, 6) is 0.739. The molecule has 0 saturated heterocycles. The maximum Gasteiger partial charge on any atom is 0.0223 e. The number of hydrogen-bond acceptors (Lipinski definition) is 1. The van der Waals surface area contributed by atoms with Crippen LogP contribution in [0.15, 0.2) is 18.5 Å². The Balaban J connectivity index is 2.50. The first-order valence-electron chi connectivity index (χ1n) is 6.24. The van der Waals surface area contributed by atoms with E-state index in [1.165, 1.54) is 12.0 Å². The molecule has 1 aromatic heterocycles. The molecule has 0 radical (unpaired) electrons. The Kier molecular flexibility index (Phi) is 4.60. The lowest BCUT2D eigenvalue weighted by Gasteiger charge is -2.33. The van der Waals surface area contributed by atoms with Crippen LogP contribution in [0.1, 0.15) is 46.6 Å². The second-order valence-corrected chi connectivity index (χ2v) is 6.15. The van der Waals surface area contributed by atoms with Gasteiger partial charge >= 0.3 is 0 Å². The van der Waals surface area contributed by atoms with Crippen LogP contribution in [-0.2, 0) is 6.54 Å². The normalized spacial score (nSPS) is 14.4. The minimum absolute atomic E-state index is 0.320. The first-order chi connectivity index (χ1) is 7.39. The van der Waals surface area contributed by atoms with Gasteiger partial charge in [-0.2, -0.15) is 0 Å².